The van der Waals surface area contributed by atoms with E-state index in [-0.39, 0.29) is 5.91 Å². The van der Waals surface area contributed by atoms with Gasteiger partial charge in [0.1, 0.15) is 12.4 Å². The highest BCUT2D eigenvalue weighted by Crippen LogP contribution is 2.26. The van der Waals surface area contributed by atoms with E-state index < -0.39 is 0 Å². The number of carbonyl (C=O) groups excluding carboxylic acids is 1. The fourth-order valence-electron chi connectivity index (χ4n) is 4.14. The van der Waals surface area contributed by atoms with Crippen molar-refractivity contribution in [1.29, 1.82) is 0 Å². The van der Waals surface area contributed by atoms with Crippen LogP contribution in [0.1, 0.15) is 47.8 Å². The van der Waals surface area contributed by atoms with Crippen molar-refractivity contribution in [2.24, 2.45) is 0 Å². The zero-order valence-corrected chi connectivity index (χ0v) is 16.9. The first-order valence-electron chi connectivity index (χ1n) is 10.5. The molecule has 29 heavy (non-hydrogen) atoms. The number of amides is 1. The van der Waals surface area contributed by atoms with Crippen LogP contribution in [-0.4, -0.2) is 63.5 Å². The summed E-state index contributed by atoms with van der Waals surface area (Å²) in [5, 5.41) is 8.41. The molecule has 1 amide bonds. The number of likely N-dealkylation sites (tertiary alicyclic amines) is 2. The largest absolute Gasteiger partial charge is 0.489 e. The molecule has 0 N–H and O–H groups in total. The normalized spacial score (nSPS) is 18.1. The number of benzene rings is 1. The van der Waals surface area contributed by atoms with Gasteiger partial charge < -0.3 is 9.64 Å². The van der Waals surface area contributed by atoms with Gasteiger partial charge >= 0.3 is 0 Å². The van der Waals surface area contributed by atoms with Crippen LogP contribution in [0.15, 0.2) is 43.1 Å². The molecule has 0 unspecified atom stereocenters. The highest BCUT2D eigenvalue weighted by molar-refractivity contribution is 5.92. The minimum absolute atomic E-state index is 0.0160. The molecule has 1 aromatic carbocycles. The molecule has 3 heterocycles. The molecule has 2 fully saturated rings. The van der Waals surface area contributed by atoms with Crippen molar-refractivity contribution in [2.75, 3.05) is 32.8 Å². The molecule has 0 aliphatic carbocycles. The summed E-state index contributed by atoms with van der Waals surface area (Å²) in [7, 11) is 0. The predicted octanol–water partition coefficient (Wildman–Crippen LogP) is 2.92. The highest BCUT2D eigenvalue weighted by atomic mass is 16.5. The summed E-state index contributed by atoms with van der Waals surface area (Å²) >= 11 is 0. The third-order valence-electron chi connectivity index (χ3n) is 5.78. The van der Waals surface area contributed by atoms with Gasteiger partial charge in [-0.1, -0.05) is 36.1 Å². The van der Waals surface area contributed by atoms with E-state index in [1.54, 1.807) is 6.08 Å². The fraction of sp³-hybridized carbons (Fsp3) is 0.500. The maximum atomic E-state index is 12.5. The Bertz CT molecular complexity index is 835. The van der Waals surface area contributed by atoms with Gasteiger partial charge in [0.2, 0.25) is 0 Å². The van der Waals surface area contributed by atoms with Crippen LogP contribution in [0.3, 0.4) is 0 Å². The predicted molar refractivity (Wildman–Crippen MR) is 111 cm³/mol. The second kappa shape index (κ2) is 9.22. The second-order valence-corrected chi connectivity index (χ2v) is 7.80. The summed E-state index contributed by atoms with van der Waals surface area (Å²) in [6, 6.07) is 8.49. The number of rotatable bonds is 7. The zero-order valence-electron chi connectivity index (χ0n) is 16.9. The van der Waals surface area contributed by atoms with E-state index in [4.69, 9.17) is 4.74 Å². The van der Waals surface area contributed by atoms with Gasteiger partial charge in [-0.25, -0.2) is 4.68 Å². The molecule has 7 nitrogen and oxygen atoms in total. The Hall–Kier alpha value is -2.67. The molecule has 0 spiro atoms. The molecule has 2 saturated heterocycles. The van der Waals surface area contributed by atoms with E-state index in [9.17, 15) is 4.79 Å². The molecule has 0 radical (unpaired) electrons. The summed E-state index contributed by atoms with van der Waals surface area (Å²) in [5.74, 6) is 0.943. The third kappa shape index (κ3) is 4.67. The lowest BCUT2D eigenvalue weighted by Crippen LogP contribution is -2.34. The molecule has 4 rings (SSSR count). The minimum Gasteiger partial charge on any atom is -0.489 e. The van der Waals surface area contributed by atoms with Crippen LogP contribution in [0, 0.1) is 0 Å². The number of hydrogen-bond acceptors (Lipinski definition) is 5. The Kier molecular flexibility index (Phi) is 6.24. The first kappa shape index (κ1) is 19.6. The van der Waals surface area contributed by atoms with Crippen molar-refractivity contribution in [3.63, 3.8) is 0 Å². The van der Waals surface area contributed by atoms with Crippen LogP contribution in [-0.2, 0) is 6.54 Å². The highest BCUT2D eigenvalue weighted by Gasteiger charge is 2.26. The molecule has 154 valence electrons. The van der Waals surface area contributed by atoms with Crippen molar-refractivity contribution in [3.05, 3.63) is 54.4 Å². The van der Waals surface area contributed by atoms with Crippen LogP contribution < -0.4 is 4.74 Å². The van der Waals surface area contributed by atoms with Gasteiger partial charge in [-0.15, -0.1) is 5.10 Å². The number of ether oxygens (including phenoxy) is 1. The average Bonchev–Trinajstić information content (AvgIpc) is 3.46. The second-order valence-electron chi connectivity index (χ2n) is 7.80. The molecule has 0 atom stereocenters. The summed E-state index contributed by atoms with van der Waals surface area (Å²) in [5.41, 5.74) is 1.68. The van der Waals surface area contributed by atoms with Crippen LogP contribution in [0.2, 0.25) is 0 Å². The maximum absolute atomic E-state index is 12.5. The number of hydrogen-bond donors (Lipinski definition) is 0. The summed E-state index contributed by atoms with van der Waals surface area (Å²) in [6.07, 6.45) is 7.76. The molecule has 2 aliphatic rings. The average molecular weight is 396 g/mol. The monoisotopic (exact) mass is 395 g/mol. The van der Waals surface area contributed by atoms with Crippen LogP contribution >= 0.6 is 0 Å². The van der Waals surface area contributed by atoms with E-state index in [0.29, 0.717) is 18.3 Å². The van der Waals surface area contributed by atoms with Gasteiger partial charge in [-0.3, -0.25) is 9.69 Å². The number of aromatic nitrogens is 3. The van der Waals surface area contributed by atoms with Crippen molar-refractivity contribution in [2.45, 2.75) is 38.3 Å². The SMILES string of the molecule is C=CCOc1ccccc1CN1CCC(n2cc(C(=O)N3CCCC3)nn2)CC1. The Balaban J connectivity index is 1.32. The fourth-order valence-corrected chi connectivity index (χ4v) is 4.14. The van der Waals surface area contributed by atoms with E-state index >= 15 is 0 Å². The first-order valence-corrected chi connectivity index (χ1v) is 10.5. The van der Waals surface area contributed by atoms with Crippen molar-refractivity contribution >= 4 is 5.91 Å². The van der Waals surface area contributed by atoms with Crippen molar-refractivity contribution < 1.29 is 9.53 Å². The first-order chi connectivity index (χ1) is 14.2. The summed E-state index contributed by atoms with van der Waals surface area (Å²) < 4.78 is 7.67. The molecule has 2 aromatic rings. The molecule has 0 bridgehead atoms. The van der Waals surface area contributed by atoms with Gasteiger partial charge in [-0.2, -0.15) is 0 Å². The lowest BCUT2D eigenvalue weighted by atomic mass is 10.0. The van der Waals surface area contributed by atoms with E-state index in [2.05, 4.69) is 33.9 Å². The van der Waals surface area contributed by atoms with Crippen LogP contribution in [0.4, 0.5) is 0 Å². The molecular formula is C22H29N5O2. The van der Waals surface area contributed by atoms with Gasteiger partial charge in [0, 0.05) is 38.3 Å². The standard InChI is InChI=1S/C22H29N5O2/c1-2-15-29-21-8-4-3-7-18(21)16-25-13-9-19(10-14-25)27-17-20(23-24-27)22(28)26-11-5-6-12-26/h2-4,7-8,17,19H,1,5-6,9-16H2. The van der Waals surface area contributed by atoms with Gasteiger partial charge in [0.15, 0.2) is 5.69 Å². The Morgan fingerprint density at radius 3 is 2.69 bits per heavy atom. The third-order valence-corrected chi connectivity index (χ3v) is 5.78. The van der Waals surface area contributed by atoms with Gasteiger partial charge in [0.25, 0.3) is 5.91 Å². The zero-order chi connectivity index (χ0) is 20.1. The molecule has 1 aromatic heterocycles. The van der Waals surface area contributed by atoms with Gasteiger partial charge in [0.05, 0.1) is 12.2 Å². The van der Waals surface area contributed by atoms with Crippen LogP contribution in [0.5, 0.6) is 5.75 Å². The molecule has 2 aliphatic heterocycles. The summed E-state index contributed by atoms with van der Waals surface area (Å²) in [6.45, 7) is 8.74. The minimum atomic E-state index is 0.0160. The quantitative estimate of drug-likeness (QED) is 0.675. The number of carbonyl (C=O) groups is 1. The lowest BCUT2D eigenvalue weighted by Gasteiger charge is -2.32. The molecule has 7 heteroatoms. The number of para-hydroxylation sites is 1. The van der Waals surface area contributed by atoms with Crippen molar-refractivity contribution in [3.8, 4) is 5.75 Å². The van der Waals surface area contributed by atoms with E-state index in [1.807, 2.05) is 27.9 Å². The molecule has 0 saturated carbocycles. The summed E-state index contributed by atoms with van der Waals surface area (Å²) in [4.78, 5) is 16.8. The Morgan fingerprint density at radius 1 is 1.17 bits per heavy atom. The number of piperidine rings is 1. The topological polar surface area (TPSA) is 63.5 Å². The Labute approximate surface area is 171 Å². The van der Waals surface area contributed by atoms with E-state index in [0.717, 1.165) is 64.2 Å². The Morgan fingerprint density at radius 2 is 1.93 bits per heavy atom. The smallest absolute Gasteiger partial charge is 0.276 e. The molecular weight excluding hydrogens is 366 g/mol. The van der Waals surface area contributed by atoms with Crippen molar-refractivity contribution in [1.82, 2.24) is 24.8 Å². The van der Waals surface area contributed by atoms with Gasteiger partial charge in [-0.05, 0) is 31.7 Å². The lowest BCUT2D eigenvalue weighted by molar-refractivity contribution is 0.0787. The maximum Gasteiger partial charge on any atom is 0.276 e. The number of nitrogens with zero attached hydrogens (tertiary/aromatic N) is 5. The van der Waals surface area contributed by atoms with E-state index in [1.165, 1.54) is 5.56 Å². The van der Waals surface area contributed by atoms with Crippen LogP contribution in [0.25, 0.3) is 0 Å².